The third kappa shape index (κ3) is 6.89. The van der Waals surface area contributed by atoms with Crippen molar-refractivity contribution in [3.05, 3.63) is 255 Å². The molecule has 0 saturated carbocycles. The fourth-order valence-corrected chi connectivity index (χ4v) is 9.77. The summed E-state index contributed by atoms with van der Waals surface area (Å²) >= 11 is 0. The molecule has 66 heavy (non-hydrogen) atoms. The van der Waals surface area contributed by atoms with Crippen LogP contribution in [0.2, 0.25) is 0 Å². The van der Waals surface area contributed by atoms with Gasteiger partial charge in [0.25, 0.3) is 0 Å². The van der Waals surface area contributed by atoms with Gasteiger partial charge in [0.2, 0.25) is 0 Å². The number of hydrogen-bond acceptors (Lipinski definition) is 4. The zero-order chi connectivity index (χ0) is 43.8. The summed E-state index contributed by atoms with van der Waals surface area (Å²) in [5.74, 6) is 0. The van der Waals surface area contributed by atoms with Crippen molar-refractivity contribution in [2.45, 2.75) is 0 Å². The number of para-hydroxylation sites is 2. The highest BCUT2D eigenvalue weighted by atomic mass is 15.2. The number of nitrogens with zero attached hydrogens (tertiary/aromatic N) is 4. The van der Waals surface area contributed by atoms with Crippen LogP contribution >= 0.6 is 0 Å². The minimum Gasteiger partial charge on any atom is -0.308 e. The predicted molar refractivity (Wildman–Crippen MR) is 277 cm³/mol. The molecular formula is C62H42N4. The van der Waals surface area contributed by atoms with E-state index < -0.39 is 0 Å². The van der Waals surface area contributed by atoms with Crippen molar-refractivity contribution < 1.29 is 0 Å². The maximum absolute atomic E-state index is 4.52. The molecule has 0 radical (unpaired) electrons. The van der Waals surface area contributed by atoms with Crippen molar-refractivity contribution in [1.29, 1.82) is 0 Å². The molecule has 0 aliphatic carbocycles. The molecule has 12 aromatic rings. The van der Waals surface area contributed by atoms with E-state index in [0.717, 1.165) is 45.3 Å². The highest BCUT2D eigenvalue weighted by Crippen LogP contribution is 2.46. The molecule has 310 valence electrons. The van der Waals surface area contributed by atoms with Gasteiger partial charge < -0.3 is 9.80 Å². The first-order valence-corrected chi connectivity index (χ1v) is 22.4. The van der Waals surface area contributed by atoms with Gasteiger partial charge >= 0.3 is 0 Å². The molecule has 0 amide bonds. The predicted octanol–water partition coefficient (Wildman–Crippen LogP) is 17.0. The van der Waals surface area contributed by atoms with Crippen LogP contribution in [0.15, 0.2) is 255 Å². The lowest BCUT2D eigenvalue weighted by Crippen LogP contribution is -2.11. The van der Waals surface area contributed by atoms with Gasteiger partial charge in [0.15, 0.2) is 0 Å². The lowest BCUT2D eigenvalue weighted by Gasteiger charge is -2.27. The van der Waals surface area contributed by atoms with Crippen LogP contribution < -0.4 is 9.80 Å². The zero-order valence-electron chi connectivity index (χ0n) is 36.0. The van der Waals surface area contributed by atoms with Crippen molar-refractivity contribution in [2.75, 3.05) is 9.80 Å². The average Bonchev–Trinajstić information content (AvgIpc) is 3.40. The largest absolute Gasteiger partial charge is 0.308 e. The van der Waals surface area contributed by atoms with Crippen LogP contribution in [0, 0.1) is 0 Å². The van der Waals surface area contributed by atoms with Crippen LogP contribution in [0.3, 0.4) is 0 Å². The molecule has 4 heteroatoms. The lowest BCUT2D eigenvalue weighted by molar-refractivity contribution is 1.23. The molecule has 0 fully saturated rings. The van der Waals surface area contributed by atoms with Gasteiger partial charge in [-0.05, 0) is 126 Å². The average molecular weight is 843 g/mol. The minimum absolute atomic E-state index is 1.00. The number of anilines is 6. The highest BCUT2D eigenvalue weighted by Gasteiger charge is 2.21. The second kappa shape index (κ2) is 16.7. The smallest absolute Gasteiger partial charge is 0.0645 e. The Morgan fingerprint density at radius 2 is 0.636 bits per heavy atom. The van der Waals surface area contributed by atoms with Gasteiger partial charge in [-0.15, -0.1) is 0 Å². The Morgan fingerprint density at radius 1 is 0.258 bits per heavy atom. The van der Waals surface area contributed by atoms with Gasteiger partial charge in [0.05, 0.1) is 35.1 Å². The van der Waals surface area contributed by atoms with E-state index in [1.807, 2.05) is 36.9 Å². The second-order valence-electron chi connectivity index (χ2n) is 16.6. The van der Waals surface area contributed by atoms with Gasteiger partial charge in [0, 0.05) is 34.9 Å². The second-order valence-corrected chi connectivity index (χ2v) is 16.6. The maximum Gasteiger partial charge on any atom is 0.0645 e. The summed E-state index contributed by atoms with van der Waals surface area (Å²) in [5, 5.41) is 7.54. The topological polar surface area (TPSA) is 32.3 Å². The van der Waals surface area contributed by atoms with Crippen molar-refractivity contribution in [3.63, 3.8) is 0 Å². The Kier molecular flexibility index (Phi) is 9.81. The first-order valence-electron chi connectivity index (χ1n) is 22.4. The third-order valence-electron chi connectivity index (χ3n) is 12.8. The van der Waals surface area contributed by atoms with Crippen LogP contribution in [0.5, 0.6) is 0 Å². The number of hydrogen-bond donors (Lipinski definition) is 0. The molecule has 12 rings (SSSR count). The monoisotopic (exact) mass is 842 g/mol. The molecule has 4 nitrogen and oxygen atoms in total. The molecule has 0 aliphatic heterocycles. The fourth-order valence-electron chi connectivity index (χ4n) is 9.77. The van der Waals surface area contributed by atoms with E-state index in [0.29, 0.717) is 0 Å². The number of aromatic nitrogens is 2. The molecule has 0 aliphatic rings. The van der Waals surface area contributed by atoms with E-state index in [9.17, 15) is 0 Å². The van der Waals surface area contributed by atoms with Crippen molar-refractivity contribution in [2.24, 2.45) is 0 Å². The van der Waals surface area contributed by atoms with E-state index in [4.69, 9.17) is 0 Å². The Morgan fingerprint density at radius 3 is 1.05 bits per heavy atom. The molecule has 2 heterocycles. The fraction of sp³-hybridized carbons (Fsp3) is 0. The summed E-state index contributed by atoms with van der Waals surface area (Å²) in [6, 6.07) is 82.9. The van der Waals surface area contributed by atoms with Gasteiger partial charge in [-0.1, -0.05) is 170 Å². The SMILES string of the molecule is c1ccc(-c2ccccc2N(c2ccc(-c3ccc4ccc5c(-c6ccc(N(c7cccnc7)c7ccccc7-c7ccccc7)cc6)ccc6ccc3c4c65)cc2)c2cccnc2)cc1. The molecule has 0 unspecified atom stereocenters. The normalized spacial score (nSPS) is 11.3. The standard InChI is InChI=1S/C62H42N4/c1-3-13-43(14-4-1)55-19-7-9-21-59(55)65(51-17-11-39-63-41-51)49-31-23-45(24-32-49)53-35-27-47-30-38-58-54(36-28-48-29-37-57(53)61(47)62(48)58)46-25-33-50(34-26-46)66(52-18-12-40-64-42-52)60-22-10-8-20-56(60)44-15-5-2-6-16-44/h1-42H. The summed E-state index contributed by atoms with van der Waals surface area (Å²) in [5.41, 5.74) is 15.7. The Balaban J connectivity index is 0.929. The lowest BCUT2D eigenvalue weighted by atomic mass is 9.87. The summed E-state index contributed by atoms with van der Waals surface area (Å²) in [6.07, 6.45) is 7.52. The molecule has 0 spiro atoms. The summed E-state index contributed by atoms with van der Waals surface area (Å²) in [7, 11) is 0. The van der Waals surface area contributed by atoms with Crippen LogP contribution in [-0.4, -0.2) is 9.97 Å². The van der Waals surface area contributed by atoms with E-state index in [1.165, 1.54) is 65.7 Å². The number of rotatable bonds is 10. The van der Waals surface area contributed by atoms with Crippen molar-refractivity contribution in [1.82, 2.24) is 9.97 Å². The molecule has 10 aromatic carbocycles. The number of benzene rings is 10. The summed E-state index contributed by atoms with van der Waals surface area (Å²) in [6.45, 7) is 0. The van der Waals surface area contributed by atoms with Gasteiger partial charge in [-0.3, -0.25) is 9.97 Å². The van der Waals surface area contributed by atoms with Crippen molar-refractivity contribution in [3.8, 4) is 44.5 Å². The molecule has 0 bridgehead atoms. The molecule has 0 N–H and O–H groups in total. The zero-order valence-corrected chi connectivity index (χ0v) is 36.0. The molecule has 0 saturated heterocycles. The van der Waals surface area contributed by atoms with Crippen LogP contribution in [0.1, 0.15) is 0 Å². The third-order valence-corrected chi connectivity index (χ3v) is 12.8. The highest BCUT2D eigenvalue weighted by molar-refractivity contribution is 6.27. The van der Waals surface area contributed by atoms with Gasteiger partial charge in [-0.25, -0.2) is 0 Å². The quantitative estimate of drug-likeness (QED) is 0.128. The van der Waals surface area contributed by atoms with E-state index in [1.54, 1.807) is 0 Å². The first-order chi connectivity index (χ1) is 32.8. The van der Waals surface area contributed by atoms with Gasteiger partial charge in [-0.2, -0.15) is 0 Å². The Hall–Kier alpha value is -8.86. The van der Waals surface area contributed by atoms with Crippen LogP contribution in [0.4, 0.5) is 34.1 Å². The molecule has 0 atom stereocenters. The van der Waals surface area contributed by atoms with E-state index >= 15 is 0 Å². The van der Waals surface area contributed by atoms with Crippen LogP contribution in [0.25, 0.3) is 76.8 Å². The summed E-state index contributed by atoms with van der Waals surface area (Å²) in [4.78, 5) is 13.7. The molecule has 2 aromatic heterocycles. The van der Waals surface area contributed by atoms with Crippen molar-refractivity contribution >= 4 is 66.4 Å². The minimum atomic E-state index is 1.00. The first kappa shape index (κ1) is 38.8. The van der Waals surface area contributed by atoms with Gasteiger partial charge in [0.1, 0.15) is 0 Å². The van der Waals surface area contributed by atoms with E-state index in [2.05, 4.69) is 238 Å². The Bertz CT molecular complexity index is 3370. The number of pyridine rings is 2. The Labute approximate surface area is 384 Å². The molecular weight excluding hydrogens is 801 g/mol. The summed E-state index contributed by atoms with van der Waals surface area (Å²) < 4.78 is 0. The van der Waals surface area contributed by atoms with E-state index in [-0.39, 0.29) is 0 Å². The van der Waals surface area contributed by atoms with Crippen LogP contribution in [-0.2, 0) is 0 Å². The maximum atomic E-state index is 4.52.